The molecule has 0 radical (unpaired) electrons. The second-order valence-electron chi connectivity index (χ2n) is 7.06. The van der Waals surface area contributed by atoms with Crippen LogP contribution < -0.4 is 5.73 Å². The summed E-state index contributed by atoms with van der Waals surface area (Å²) in [7, 11) is 0. The zero-order valence-corrected chi connectivity index (χ0v) is 12.3. The number of hydrogen-bond donors (Lipinski definition) is 1. The highest BCUT2D eigenvalue weighted by molar-refractivity contribution is 5.20. The normalized spacial score (nSPS) is 26.2. The molecule has 2 heteroatoms. The Labute approximate surface area is 116 Å². The maximum absolute atomic E-state index is 13.3. The third kappa shape index (κ3) is 3.56. The van der Waals surface area contributed by atoms with Crippen LogP contribution in [0.5, 0.6) is 0 Å². The molecule has 0 aliphatic heterocycles. The number of rotatable bonds is 2. The average molecular weight is 263 g/mol. The van der Waals surface area contributed by atoms with Gasteiger partial charge in [-0.15, -0.1) is 0 Å². The van der Waals surface area contributed by atoms with E-state index in [2.05, 4.69) is 20.8 Å². The SMILES string of the molecule is CC(C)(C)C1CCC(C(N)c2cccc(F)c2)CC1. The fourth-order valence-electron chi connectivity index (χ4n) is 3.33. The van der Waals surface area contributed by atoms with E-state index in [4.69, 9.17) is 5.73 Å². The van der Waals surface area contributed by atoms with Gasteiger partial charge in [-0.3, -0.25) is 0 Å². The molecule has 19 heavy (non-hydrogen) atoms. The molecule has 1 aromatic rings. The van der Waals surface area contributed by atoms with Crippen LogP contribution in [0.1, 0.15) is 58.1 Å². The molecule has 0 bridgehead atoms. The first kappa shape index (κ1) is 14.5. The Morgan fingerprint density at radius 1 is 1.16 bits per heavy atom. The Bertz CT molecular complexity index is 414. The lowest BCUT2D eigenvalue weighted by Crippen LogP contribution is -2.30. The molecule has 106 valence electrons. The average Bonchev–Trinajstić information content (AvgIpc) is 2.37. The minimum Gasteiger partial charge on any atom is -0.324 e. The van der Waals surface area contributed by atoms with E-state index in [9.17, 15) is 4.39 Å². The third-order valence-electron chi connectivity index (χ3n) is 4.74. The molecule has 0 saturated heterocycles. The first-order valence-corrected chi connectivity index (χ1v) is 7.39. The Hall–Kier alpha value is -0.890. The lowest BCUT2D eigenvalue weighted by atomic mass is 9.68. The maximum Gasteiger partial charge on any atom is 0.123 e. The molecule has 1 unspecified atom stereocenters. The van der Waals surface area contributed by atoms with E-state index in [-0.39, 0.29) is 11.9 Å². The molecule has 2 N–H and O–H groups in total. The van der Waals surface area contributed by atoms with Gasteiger partial charge in [0.2, 0.25) is 0 Å². The second-order valence-corrected chi connectivity index (χ2v) is 7.06. The van der Waals surface area contributed by atoms with Crippen LogP contribution in [-0.2, 0) is 0 Å². The molecule has 1 fully saturated rings. The smallest absolute Gasteiger partial charge is 0.123 e. The standard InChI is InChI=1S/C17H26FN/c1-17(2,3)14-9-7-12(8-10-14)16(19)13-5-4-6-15(18)11-13/h4-6,11-12,14,16H,7-10,19H2,1-3H3. The van der Waals surface area contributed by atoms with Gasteiger partial charge in [0.05, 0.1) is 0 Å². The quantitative estimate of drug-likeness (QED) is 0.824. The summed E-state index contributed by atoms with van der Waals surface area (Å²) >= 11 is 0. The first-order chi connectivity index (χ1) is 8.88. The van der Waals surface area contributed by atoms with Crippen LogP contribution in [0.3, 0.4) is 0 Å². The van der Waals surface area contributed by atoms with Crippen LogP contribution in [0.2, 0.25) is 0 Å². The Balaban J connectivity index is 1.98. The summed E-state index contributed by atoms with van der Waals surface area (Å²) in [4.78, 5) is 0. The van der Waals surface area contributed by atoms with Gasteiger partial charge in [-0.2, -0.15) is 0 Å². The van der Waals surface area contributed by atoms with Crippen LogP contribution >= 0.6 is 0 Å². The fraction of sp³-hybridized carbons (Fsp3) is 0.647. The lowest BCUT2D eigenvalue weighted by Gasteiger charge is -2.38. The summed E-state index contributed by atoms with van der Waals surface area (Å²) in [6.07, 6.45) is 4.83. The van der Waals surface area contributed by atoms with Crippen molar-refractivity contribution in [3.8, 4) is 0 Å². The van der Waals surface area contributed by atoms with Crippen molar-refractivity contribution < 1.29 is 4.39 Å². The molecule has 0 aromatic heterocycles. The summed E-state index contributed by atoms with van der Waals surface area (Å²) < 4.78 is 13.3. The van der Waals surface area contributed by atoms with Crippen molar-refractivity contribution in [1.82, 2.24) is 0 Å². The number of halogens is 1. The predicted octanol–water partition coefficient (Wildman–Crippen LogP) is 4.68. The van der Waals surface area contributed by atoms with Gasteiger partial charge < -0.3 is 5.73 Å². The summed E-state index contributed by atoms with van der Waals surface area (Å²) in [5.41, 5.74) is 7.67. The molecule has 1 aliphatic rings. The number of nitrogens with two attached hydrogens (primary N) is 1. The first-order valence-electron chi connectivity index (χ1n) is 7.39. The van der Waals surface area contributed by atoms with Crippen molar-refractivity contribution in [2.24, 2.45) is 23.0 Å². The second kappa shape index (κ2) is 5.62. The summed E-state index contributed by atoms with van der Waals surface area (Å²) in [6.45, 7) is 6.97. The van der Waals surface area contributed by atoms with E-state index < -0.39 is 0 Å². The Kier molecular flexibility index (Phi) is 4.29. The molecular formula is C17H26FN. The highest BCUT2D eigenvalue weighted by Crippen LogP contribution is 2.42. The molecule has 1 atom stereocenters. The van der Waals surface area contributed by atoms with Gasteiger partial charge in [0, 0.05) is 6.04 Å². The molecule has 1 nitrogen and oxygen atoms in total. The van der Waals surface area contributed by atoms with E-state index in [1.54, 1.807) is 12.1 Å². The molecule has 0 spiro atoms. The number of hydrogen-bond acceptors (Lipinski definition) is 1. The molecule has 1 aliphatic carbocycles. The summed E-state index contributed by atoms with van der Waals surface area (Å²) in [5.74, 6) is 1.11. The molecule has 0 heterocycles. The van der Waals surface area contributed by atoms with Crippen molar-refractivity contribution in [2.75, 3.05) is 0 Å². The lowest BCUT2D eigenvalue weighted by molar-refractivity contribution is 0.139. The van der Waals surface area contributed by atoms with E-state index in [0.29, 0.717) is 11.3 Å². The Morgan fingerprint density at radius 2 is 1.79 bits per heavy atom. The molecular weight excluding hydrogens is 237 g/mol. The Morgan fingerprint density at radius 3 is 2.32 bits per heavy atom. The minimum atomic E-state index is -0.184. The summed E-state index contributed by atoms with van der Waals surface area (Å²) in [5, 5.41) is 0. The van der Waals surface area contributed by atoms with Gasteiger partial charge in [0.1, 0.15) is 5.82 Å². The highest BCUT2D eigenvalue weighted by Gasteiger charge is 2.32. The highest BCUT2D eigenvalue weighted by atomic mass is 19.1. The van der Waals surface area contributed by atoms with Crippen LogP contribution in [0, 0.1) is 23.1 Å². The van der Waals surface area contributed by atoms with Crippen LogP contribution in [0.4, 0.5) is 4.39 Å². The van der Waals surface area contributed by atoms with E-state index in [1.807, 2.05) is 6.07 Å². The van der Waals surface area contributed by atoms with Gasteiger partial charge in [-0.25, -0.2) is 4.39 Å². The van der Waals surface area contributed by atoms with Gasteiger partial charge in [0.25, 0.3) is 0 Å². The monoisotopic (exact) mass is 263 g/mol. The van der Waals surface area contributed by atoms with Crippen molar-refractivity contribution in [3.63, 3.8) is 0 Å². The third-order valence-corrected chi connectivity index (χ3v) is 4.74. The topological polar surface area (TPSA) is 26.0 Å². The zero-order chi connectivity index (χ0) is 14.0. The van der Waals surface area contributed by atoms with E-state index in [0.717, 1.165) is 11.5 Å². The molecule has 1 saturated carbocycles. The van der Waals surface area contributed by atoms with Crippen LogP contribution in [0.25, 0.3) is 0 Å². The zero-order valence-electron chi connectivity index (χ0n) is 12.3. The molecule has 2 rings (SSSR count). The van der Waals surface area contributed by atoms with Crippen molar-refractivity contribution in [2.45, 2.75) is 52.5 Å². The van der Waals surface area contributed by atoms with Gasteiger partial charge >= 0.3 is 0 Å². The van der Waals surface area contributed by atoms with Gasteiger partial charge in [-0.1, -0.05) is 32.9 Å². The number of benzene rings is 1. The molecule has 0 amide bonds. The van der Waals surface area contributed by atoms with Crippen LogP contribution in [0.15, 0.2) is 24.3 Å². The van der Waals surface area contributed by atoms with E-state index in [1.165, 1.54) is 31.7 Å². The van der Waals surface area contributed by atoms with Crippen molar-refractivity contribution in [1.29, 1.82) is 0 Å². The van der Waals surface area contributed by atoms with Gasteiger partial charge in [-0.05, 0) is 60.6 Å². The van der Waals surface area contributed by atoms with Gasteiger partial charge in [0.15, 0.2) is 0 Å². The maximum atomic E-state index is 13.3. The molecule has 1 aromatic carbocycles. The largest absolute Gasteiger partial charge is 0.324 e. The predicted molar refractivity (Wildman–Crippen MR) is 78.2 cm³/mol. The van der Waals surface area contributed by atoms with Crippen LogP contribution in [-0.4, -0.2) is 0 Å². The summed E-state index contributed by atoms with van der Waals surface area (Å²) in [6, 6.07) is 6.75. The van der Waals surface area contributed by atoms with E-state index >= 15 is 0 Å². The fourth-order valence-corrected chi connectivity index (χ4v) is 3.33. The van der Waals surface area contributed by atoms with Crippen molar-refractivity contribution in [3.05, 3.63) is 35.6 Å². The van der Waals surface area contributed by atoms with Crippen molar-refractivity contribution >= 4 is 0 Å². The minimum absolute atomic E-state index is 0.0170.